The Hall–Kier alpha value is -6.48. The van der Waals surface area contributed by atoms with Gasteiger partial charge < -0.3 is 4.42 Å². The Bertz CT molecular complexity index is 3130. The molecular weight excluding hydrogens is 673 g/mol. The monoisotopic (exact) mass is 708 g/mol. The maximum atomic E-state index is 6.23. The van der Waals surface area contributed by atoms with Gasteiger partial charge in [0.15, 0.2) is 0 Å². The molecule has 1 aliphatic rings. The molecule has 9 aromatic rings. The molecule has 54 heavy (non-hydrogen) atoms. The van der Waals surface area contributed by atoms with Crippen LogP contribution in [-0.2, 0) is 0 Å². The summed E-state index contributed by atoms with van der Waals surface area (Å²) in [7, 11) is 0. The maximum Gasteiger partial charge on any atom is 0.136 e. The van der Waals surface area contributed by atoms with Gasteiger partial charge in [0.2, 0.25) is 0 Å². The van der Waals surface area contributed by atoms with Crippen molar-refractivity contribution in [1.29, 1.82) is 0 Å². The van der Waals surface area contributed by atoms with Gasteiger partial charge in [0.05, 0.1) is 0 Å². The van der Waals surface area contributed by atoms with Gasteiger partial charge in [-0.15, -0.1) is 11.3 Å². The molecule has 0 unspecified atom stereocenters. The normalized spacial score (nSPS) is 16.5. The Morgan fingerprint density at radius 2 is 1.24 bits per heavy atom. The highest BCUT2D eigenvalue weighted by Crippen LogP contribution is 2.43. The number of thiophene rings is 1. The SMILES string of the molecule is C=C(/C=C\C(=C)c1c2ccccc2c(/C2=C/C=C\C/C=C\C=C/C2)c2ccccc12)c1ccc2sc3cc4ccc5oc6ccccc6c5c4cc3c2c1. The van der Waals surface area contributed by atoms with Crippen LogP contribution in [0.5, 0.6) is 0 Å². The van der Waals surface area contributed by atoms with Crippen molar-refractivity contribution in [2.45, 2.75) is 12.8 Å². The molecule has 1 aliphatic carbocycles. The van der Waals surface area contributed by atoms with Crippen molar-refractivity contribution < 1.29 is 4.42 Å². The lowest BCUT2D eigenvalue weighted by Gasteiger charge is -2.19. The molecule has 0 fully saturated rings. The zero-order chi connectivity index (χ0) is 36.2. The molecule has 10 rings (SSSR count). The zero-order valence-electron chi connectivity index (χ0n) is 29.8. The molecule has 0 aliphatic heterocycles. The first kappa shape index (κ1) is 32.2. The van der Waals surface area contributed by atoms with Gasteiger partial charge in [-0.05, 0) is 115 Å². The summed E-state index contributed by atoms with van der Waals surface area (Å²) in [5, 5.41) is 12.2. The molecule has 0 amide bonds. The van der Waals surface area contributed by atoms with Crippen molar-refractivity contribution in [1.82, 2.24) is 0 Å². The third-order valence-electron chi connectivity index (χ3n) is 10.8. The molecule has 2 aromatic heterocycles. The largest absolute Gasteiger partial charge is 0.456 e. The molecule has 2 heteroatoms. The molecular formula is C52H36OS. The average Bonchev–Trinajstić information content (AvgIpc) is 3.77. The second kappa shape index (κ2) is 13.2. The molecule has 7 aromatic carbocycles. The molecule has 0 radical (unpaired) electrons. The van der Waals surface area contributed by atoms with Gasteiger partial charge in [-0.25, -0.2) is 0 Å². The Kier molecular flexibility index (Phi) is 7.86. The smallest absolute Gasteiger partial charge is 0.136 e. The minimum absolute atomic E-state index is 0.854. The van der Waals surface area contributed by atoms with Gasteiger partial charge in [-0.2, -0.15) is 0 Å². The van der Waals surface area contributed by atoms with Crippen LogP contribution in [0.25, 0.3) is 91.1 Å². The molecule has 2 heterocycles. The number of fused-ring (bicyclic) bond motifs is 10. The first-order chi connectivity index (χ1) is 26.6. The number of benzene rings is 7. The average molecular weight is 709 g/mol. The van der Waals surface area contributed by atoms with E-state index < -0.39 is 0 Å². The minimum atomic E-state index is 0.854. The van der Waals surface area contributed by atoms with Crippen LogP contribution in [-0.4, -0.2) is 0 Å². The summed E-state index contributed by atoms with van der Waals surface area (Å²) in [6, 6.07) is 41.6. The maximum absolute atomic E-state index is 6.23. The van der Waals surface area contributed by atoms with Crippen LogP contribution in [0.4, 0.5) is 0 Å². The van der Waals surface area contributed by atoms with Crippen LogP contribution in [0.15, 0.2) is 188 Å². The van der Waals surface area contributed by atoms with Crippen LogP contribution in [0, 0.1) is 0 Å². The van der Waals surface area contributed by atoms with E-state index in [1.54, 1.807) is 0 Å². The van der Waals surface area contributed by atoms with Crippen molar-refractivity contribution in [3.05, 3.63) is 200 Å². The Labute approximate surface area is 318 Å². The second-order valence-electron chi connectivity index (χ2n) is 14.1. The number of hydrogen-bond donors (Lipinski definition) is 0. The van der Waals surface area contributed by atoms with Crippen molar-refractivity contribution in [3.63, 3.8) is 0 Å². The molecule has 0 N–H and O–H groups in total. The van der Waals surface area contributed by atoms with E-state index in [1.165, 1.54) is 69.0 Å². The van der Waals surface area contributed by atoms with E-state index in [0.717, 1.165) is 51.7 Å². The second-order valence-corrected chi connectivity index (χ2v) is 15.1. The van der Waals surface area contributed by atoms with E-state index in [-0.39, 0.29) is 0 Å². The van der Waals surface area contributed by atoms with Gasteiger partial charge in [-0.1, -0.05) is 147 Å². The summed E-state index contributed by atoms with van der Waals surface area (Å²) in [5.74, 6) is 0. The van der Waals surface area contributed by atoms with Gasteiger partial charge in [-0.3, -0.25) is 0 Å². The Morgan fingerprint density at radius 3 is 2.06 bits per heavy atom. The van der Waals surface area contributed by atoms with E-state index in [4.69, 9.17) is 4.42 Å². The van der Waals surface area contributed by atoms with Crippen LogP contribution < -0.4 is 0 Å². The summed E-state index contributed by atoms with van der Waals surface area (Å²) in [4.78, 5) is 0. The number of hydrogen-bond acceptors (Lipinski definition) is 2. The number of furan rings is 1. The van der Waals surface area contributed by atoms with Gasteiger partial charge in [0.25, 0.3) is 0 Å². The van der Waals surface area contributed by atoms with Crippen LogP contribution in [0.1, 0.15) is 29.5 Å². The first-order valence-electron chi connectivity index (χ1n) is 18.5. The van der Waals surface area contributed by atoms with Crippen LogP contribution in [0.3, 0.4) is 0 Å². The molecule has 0 saturated heterocycles. The predicted molar refractivity (Wildman–Crippen MR) is 237 cm³/mol. The van der Waals surface area contributed by atoms with Crippen molar-refractivity contribution in [2.75, 3.05) is 0 Å². The molecule has 256 valence electrons. The molecule has 1 nitrogen and oxygen atoms in total. The summed E-state index contributed by atoms with van der Waals surface area (Å²) in [5.41, 5.74) is 8.61. The third kappa shape index (κ3) is 5.38. The van der Waals surface area contributed by atoms with E-state index in [9.17, 15) is 0 Å². The summed E-state index contributed by atoms with van der Waals surface area (Å²) in [6.45, 7) is 9.21. The molecule has 0 spiro atoms. The van der Waals surface area contributed by atoms with Crippen molar-refractivity contribution in [2.24, 2.45) is 0 Å². The quantitative estimate of drug-likeness (QED) is 0.128. The highest BCUT2D eigenvalue weighted by atomic mass is 32.1. The van der Waals surface area contributed by atoms with E-state index in [1.807, 2.05) is 23.5 Å². The number of rotatable bonds is 5. The summed E-state index contributed by atoms with van der Waals surface area (Å²) in [6.07, 6.45) is 21.5. The highest BCUT2D eigenvalue weighted by molar-refractivity contribution is 7.25. The van der Waals surface area contributed by atoms with Gasteiger partial charge in [0.1, 0.15) is 11.2 Å². The van der Waals surface area contributed by atoms with Gasteiger partial charge >= 0.3 is 0 Å². The fraction of sp³-hybridized carbons (Fsp3) is 0.0385. The van der Waals surface area contributed by atoms with E-state index in [0.29, 0.717) is 0 Å². The topological polar surface area (TPSA) is 13.1 Å². The fourth-order valence-corrected chi connectivity index (χ4v) is 9.36. The van der Waals surface area contributed by atoms with Crippen LogP contribution >= 0.6 is 11.3 Å². The van der Waals surface area contributed by atoms with E-state index in [2.05, 4.69) is 171 Å². The third-order valence-corrected chi connectivity index (χ3v) is 11.9. The van der Waals surface area contributed by atoms with E-state index >= 15 is 0 Å². The lowest BCUT2D eigenvalue weighted by Crippen LogP contribution is -1.95. The van der Waals surface area contributed by atoms with Crippen molar-refractivity contribution in [3.8, 4) is 0 Å². The predicted octanol–water partition coefficient (Wildman–Crippen LogP) is 15.5. The lowest BCUT2D eigenvalue weighted by molar-refractivity contribution is 0.669. The Morgan fingerprint density at radius 1 is 0.556 bits per heavy atom. The molecule has 0 bridgehead atoms. The number of para-hydroxylation sites is 1. The van der Waals surface area contributed by atoms with Crippen molar-refractivity contribution >= 4 is 102 Å². The molecule has 0 saturated carbocycles. The summed E-state index contributed by atoms with van der Waals surface area (Å²) < 4.78 is 8.78. The zero-order valence-corrected chi connectivity index (χ0v) is 30.6. The standard InChI is InChI=1S/C52H36OS/c1-33(36-27-29-48-44(30-36)45-32-43-37(31-49(45)54-48)26-28-47-52(43)42-22-14-15-23-46(42)53-47)24-25-34(2)50-38-18-10-12-20-40(38)51(41-21-13-11-19-39(41)50)35-16-8-6-4-3-5-7-9-17-35/h3-4,6-15,17-32H,1-2,5,16H2/b4-3-,8-6-,9-7-,25-24-,35-17+. The van der Waals surface area contributed by atoms with Gasteiger partial charge in [0, 0.05) is 30.9 Å². The van der Waals surface area contributed by atoms with Crippen LogP contribution in [0.2, 0.25) is 0 Å². The fourth-order valence-electron chi connectivity index (χ4n) is 8.24. The molecule has 0 atom stereocenters. The minimum Gasteiger partial charge on any atom is -0.456 e. The Balaban J connectivity index is 1.04. The highest BCUT2D eigenvalue weighted by Gasteiger charge is 2.18. The summed E-state index contributed by atoms with van der Waals surface area (Å²) >= 11 is 1.84. The first-order valence-corrected chi connectivity index (χ1v) is 19.3. The number of allylic oxidation sites excluding steroid dienone is 12. The lowest BCUT2D eigenvalue weighted by atomic mass is 9.85.